The minimum Gasteiger partial charge on any atom is -0.293 e. The molecule has 0 bridgehead atoms. The highest BCUT2D eigenvalue weighted by molar-refractivity contribution is 7.10. The molecule has 1 atom stereocenters. The summed E-state index contributed by atoms with van der Waals surface area (Å²) in [6.07, 6.45) is 9.88. The molecule has 3 rings (SSSR count). The average molecular weight is 263 g/mol. The fraction of sp³-hybridized carbons (Fsp3) is 0.750. The van der Waals surface area contributed by atoms with Gasteiger partial charge in [-0.05, 0) is 49.6 Å². The molecule has 18 heavy (non-hydrogen) atoms. The number of nitrogens with zero attached hydrogens (tertiary/aromatic N) is 1. The van der Waals surface area contributed by atoms with Crippen molar-refractivity contribution < 1.29 is 0 Å². The summed E-state index contributed by atoms with van der Waals surface area (Å²) in [7, 11) is 0. The summed E-state index contributed by atoms with van der Waals surface area (Å²) < 4.78 is 0. The Balaban J connectivity index is 1.89. The first kappa shape index (κ1) is 12.7. The molecule has 0 amide bonds. The predicted molar refractivity (Wildman–Crippen MR) is 79.1 cm³/mol. The van der Waals surface area contributed by atoms with Gasteiger partial charge in [-0.25, -0.2) is 0 Å². The van der Waals surface area contributed by atoms with Gasteiger partial charge in [-0.3, -0.25) is 4.90 Å². The van der Waals surface area contributed by atoms with E-state index in [1.807, 2.05) is 11.3 Å². The Morgan fingerprint density at radius 3 is 2.72 bits per heavy atom. The maximum Gasteiger partial charge on any atom is 0.0553 e. The molecular weight excluding hydrogens is 238 g/mol. The Bertz CT molecular complexity index is 364. The highest BCUT2D eigenvalue weighted by Crippen LogP contribution is 2.45. The van der Waals surface area contributed by atoms with Gasteiger partial charge in [0.25, 0.3) is 0 Å². The molecule has 1 aromatic heterocycles. The fourth-order valence-corrected chi connectivity index (χ4v) is 4.99. The Labute approximate surface area is 115 Å². The molecule has 0 aromatic carbocycles. The largest absolute Gasteiger partial charge is 0.293 e. The number of thiophene rings is 1. The summed E-state index contributed by atoms with van der Waals surface area (Å²) >= 11 is 1.98. The zero-order valence-corrected chi connectivity index (χ0v) is 12.3. The van der Waals surface area contributed by atoms with E-state index in [9.17, 15) is 0 Å². The molecule has 0 radical (unpaired) electrons. The van der Waals surface area contributed by atoms with Gasteiger partial charge in [-0.15, -0.1) is 11.3 Å². The Morgan fingerprint density at radius 1 is 1.22 bits per heavy atom. The molecule has 100 valence electrons. The van der Waals surface area contributed by atoms with Crippen molar-refractivity contribution in [2.24, 2.45) is 5.92 Å². The van der Waals surface area contributed by atoms with Crippen molar-refractivity contribution in [3.8, 4) is 0 Å². The molecule has 0 unspecified atom stereocenters. The number of rotatable bonds is 2. The van der Waals surface area contributed by atoms with Gasteiger partial charge in [0.15, 0.2) is 0 Å². The molecule has 1 saturated carbocycles. The molecule has 0 spiro atoms. The van der Waals surface area contributed by atoms with Crippen LogP contribution in [0, 0.1) is 5.92 Å². The number of likely N-dealkylation sites (tertiary alicyclic amines) is 1. The van der Waals surface area contributed by atoms with E-state index < -0.39 is 0 Å². The smallest absolute Gasteiger partial charge is 0.0553 e. The minimum absolute atomic E-state index is 0.404. The van der Waals surface area contributed by atoms with E-state index in [0.29, 0.717) is 5.54 Å². The molecule has 2 aliphatic rings. The lowest BCUT2D eigenvalue weighted by molar-refractivity contribution is 0.0165. The van der Waals surface area contributed by atoms with Crippen LogP contribution in [0.2, 0.25) is 0 Å². The summed E-state index contributed by atoms with van der Waals surface area (Å²) in [6, 6.07) is 4.62. The number of hydrogen-bond acceptors (Lipinski definition) is 2. The second kappa shape index (κ2) is 5.34. The molecule has 1 saturated heterocycles. The van der Waals surface area contributed by atoms with Crippen LogP contribution in [0.5, 0.6) is 0 Å². The highest BCUT2D eigenvalue weighted by atomic mass is 32.1. The molecule has 1 nitrogen and oxygen atoms in total. The van der Waals surface area contributed by atoms with Gasteiger partial charge < -0.3 is 0 Å². The van der Waals surface area contributed by atoms with Crippen LogP contribution in [0.25, 0.3) is 0 Å². The van der Waals surface area contributed by atoms with E-state index in [-0.39, 0.29) is 0 Å². The second-order valence-corrected chi connectivity index (χ2v) is 7.21. The Hall–Kier alpha value is -0.340. The lowest BCUT2D eigenvalue weighted by Gasteiger charge is -2.49. The van der Waals surface area contributed by atoms with E-state index in [4.69, 9.17) is 0 Å². The van der Waals surface area contributed by atoms with Crippen LogP contribution in [0.4, 0.5) is 0 Å². The van der Waals surface area contributed by atoms with Crippen LogP contribution < -0.4 is 0 Å². The van der Waals surface area contributed by atoms with Gasteiger partial charge >= 0.3 is 0 Å². The fourth-order valence-electron chi connectivity index (χ4n) is 3.98. The maximum absolute atomic E-state index is 2.84. The van der Waals surface area contributed by atoms with Crippen molar-refractivity contribution in [3.05, 3.63) is 22.4 Å². The molecule has 1 aromatic rings. The topological polar surface area (TPSA) is 3.24 Å². The summed E-state index contributed by atoms with van der Waals surface area (Å²) in [5.74, 6) is 0.887. The van der Waals surface area contributed by atoms with Gasteiger partial charge in [0.05, 0.1) is 5.54 Å². The van der Waals surface area contributed by atoms with Crippen molar-refractivity contribution in [2.75, 3.05) is 13.1 Å². The molecular formula is C16H25NS. The zero-order valence-electron chi connectivity index (χ0n) is 11.5. The van der Waals surface area contributed by atoms with Gasteiger partial charge in [0.2, 0.25) is 0 Å². The lowest BCUT2D eigenvalue weighted by Crippen LogP contribution is -2.51. The first-order valence-electron chi connectivity index (χ1n) is 7.60. The summed E-state index contributed by atoms with van der Waals surface area (Å²) in [6.45, 7) is 5.07. The zero-order chi connectivity index (χ0) is 12.4. The van der Waals surface area contributed by atoms with Crippen LogP contribution in [-0.4, -0.2) is 18.0 Å². The molecule has 2 heteroatoms. The van der Waals surface area contributed by atoms with Gasteiger partial charge in [0, 0.05) is 11.4 Å². The molecule has 1 aliphatic heterocycles. The third-order valence-corrected chi connectivity index (χ3v) is 5.99. The van der Waals surface area contributed by atoms with Crippen LogP contribution in [0.1, 0.15) is 56.7 Å². The van der Waals surface area contributed by atoms with Gasteiger partial charge in [-0.1, -0.05) is 32.3 Å². The van der Waals surface area contributed by atoms with Gasteiger partial charge in [0.1, 0.15) is 0 Å². The molecule has 2 fully saturated rings. The number of piperidine rings is 1. The third kappa shape index (κ3) is 2.25. The maximum atomic E-state index is 2.84. The molecule has 0 N–H and O–H groups in total. The van der Waals surface area contributed by atoms with Crippen LogP contribution >= 0.6 is 11.3 Å². The predicted octanol–water partition coefficient (Wildman–Crippen LogP) is 4.64. The summed E-state index contributed by atoms with van der Waals surface area (Å²) in [5, 5.41) is 2.26. The lowest BCUT2D eigenvalue weighted by atomic mass is 9.77. The minimum atomic E-state index is 0.404. The first-order chi connectivity index (χ1) is 8.81. The first-order valence-corrected chi connectivity index (χ1v) is 8.48. The van der Waals surface area contributed by atoms with Crippen LogP contribution in [0.3, 0.4) is 0 Å². The van der Waals surface area contributed by atoms with Crippen molar-refractivity contribution in [3.63, 3.8) is 0 Å². The van der Waals surface area contributed by atoms with E-state index >= 15 is 0 Å². The van der Waals surface area contributed by atoms with E-state index in [0.717, 1.165) is 5.92 Å². The highest BCUT2D eigenvalue weighted by Gasteiger charge is 2.41. The molecule has 2 heterocycles. The van der Waals surface area contributed by atoms with Crippen molar-refractivity contribution in [1.82, 2.24) is 4.90 Å². The van der Waals surface area contributed by atoms with E-state index in [1.165, 1.54) is 58.0 Å². The number of hydrogen-bond donors (Lipinski definition) is 0. The quantitative estimate of drug-likeness (QED) is 0.751. The summed E-state index contributed by atoms with van der Waals surface area (Å²) in [4.78, 5) is 4.47. The Kier molecular flexibility index (Phi) is 3.76. The van der Waals surface area contributed by atoms with Crippen molar-refractivity contribution >= 4 is 11.3 Å². The average Bonchev–Trinajstić information content (AvgIpc) is 2.94. The van der Waals surface area contributed by atoms with Crippen LogP contribution in [0.15, 0.2) is 17.5 Å². The third-order valence-electron chi connectivity index (χ3n) is 4.92. The van der Waals surface area contributed by atoms with Gasteiger partial charge in [-0.2, -0.15) is 0 Å². The van der Waals surface area contributed by atoms with E-state index in [1.54, 1.807) is 4.88 Å². The molecule has 1 aliphatic carbocycles. The Morgan fingerprint density at radius 2 is 2.06 bits per heavy atom. The van der Waals surface area contributed by atoms with Crippen molar-refractivity contribution in [1.29, 1.82) is 0 Å². The normalized spacial score (nSPS) is 29.3. The monoisotopic (exact) mass is 263 g/mol. The summed E-state index contributed by atoms with van der Waals surface area (Å²) in [5.41, 5.74) is 0.404. The standard InChI is InChI=1S/C16H25NS/c1-14-7-5-11-17(13-14)16(9-3-2-4-10-16)15-8-6-12-18-15/h6,8,12,14H,2-5,7,9-11,13H2,1H3/t14-/m0/s1. The second-order valence-electron chi connectivity index (χ2n) is 6.26. The van der Waals surface area contributed by atoms with Crippen LogP contribution in [-0.2, 0) is 5.54 Å². The van der Waals surface area contributed by atoms with E-state index in [2.05, 4.69) is 29.3 Å². The SMILES string of the molecule is C[C@H]1CCCN(C2(c3cccs3)CCCCC2)C1. The van der Waals surface area contributed by atoms with Crippen molar-refractivity contribution in [2.45, 2.75) is 57.4 Å².